The minimum Gasteiger partial charge on any atom is -0.358 e. The smallest absolute Gasteiger partial charge is 0.236 e. The second-order valence-electron chi connectivity index (χ2n) is 3.42. The highest BCUT2D eigenvalue weighted by Gasteiger charge is 2.13. The molecule has 0 saturated carbocycles. The molecule has 0 aliphatic heterocycles. The summed E-state index contributed by atoms with van der Waals surface area (Å²) in [6.07, 6.45) is 0. The molecule has 0 spiro atoms. The fraction of sp³-hybridized carbons (Fsp3) is 0.364. The van der Waals surface area contributed by atoms with Crippen molar-refractivity contribution in [2.24, 2.45) is 0 Å². The SMILES string of the molecule is CNC(=O)C(C)NCc1c(F)cccc1F. The van der Waals surface area contributed by atoms with Crippen molar-refractivity contribution in [1.82, 2.24) is 10.6 Å². The lowest BCUT2D eigenvalue weighted by atomic mass is 10.2. The Morgan fingerprint density at radius 1 is 1.38 bits per heavy atom. The lowest BCUT2D eigenvalue weighted by Crippen LogP contribution is -2.40. The number of hydrogen-bond donors (Lipinski definition) is 2. The molecule has 1 aromatic rings. The van der Waals surface area contributed by atoms with Crippen LogP contribution in [0.5, 0.6) is 0 Å². The van der Waals surface area contributed by atoms with Gasteiger partial charge in [0.25, 0.3) is 0 Å². The van der Waals surface area contributed by atoms with Crippen molar-refractivity contribution in [3.8, 4) is 0 Å². The molecule has 0 saturated heterocycles. The first kappa shape index (κ1) is 12.6. The standard InChI is InChI=1S/C11H14F2N2O/c1-7(11(16)14-2)15-6-8-9(12)4-3-5-10(8)13/h3-5,7,15H,6H2,1-2H3,(H,14,16). The molecule has 1 unspecified atom stereocenters. The molecule has 0 aliphatic rings. The van der Waals surface area contributed by atoms with Crippen molar-refractivity contribution >= 4 is 5.91 Å². The molecular weight excluding hydrogens is 214 g/mol. The van der Waals surface area contributed by atoms with Crippen molar-refractivity contribution in [1.29, 1.82) is 0 Å². The van der Waals surface area contributed by atoms with Gasteiger partial charge in [0, 0.05) is 19.2 Å². The number of carbonyl (C=O) groups is 1. The van der Waals surface area contributed by atoms with Crippen LogP contribution < -0.4 is 10.6 Å². The quantitative estimate of drug-likeness (QED) is 0.812. The van der Waals surface area contributed by atoms with Crippen molar-refractivity contribution in [3.63, 3.8) is 0 Å². The van der Waals surface area contributed by atoms with Gasteiger partial charge in [-0.05, 0) is 19.1 Å². The van der Waals surface area contributed by atoms with E-state index in [1.807, 2.05) is 0 Å². The third kappa shape index (κ3) is 3.00. The first-order valence-electron chi connectivity index (χ1n) is 4.94. The highest BCUT2D eigenvalue weighted by atomic mass is 19.1. The number of hydrogen-bond acceptors (Lipinski definition) is 2. The van der Waals surface area contributed by atoms with Crippen LogP contribution in [0, 0.1) is 11.6 Å². The van der Waals surface area contributed by atoms with Gasteiger partial charge in [0.1, 0.15) is 11.6 Å². The largest absolute Gasteiger partial charge is 0.358 e. The Morgan fingerprint density at radius 2 is 1.94 bits per heavy atom. The number of amides is 1. The Morgan fingerprint density at radius 3 is 2.44 bits per heavy atom. The molecule has 3 nitrogen and oxygen atoms in total. The Bertz CT molecular complexity index is 362. The summed E-state index contributed by atoms with van der Waals surface area (Å²) in [6.45, 7) is 1.60. The van der Waals surface area contributed by atoms with E-state index in [2.05, 4.69) is 10.6 Å². The first-order chi connectivity index (χ1) is 7.56. The van der Waals surface area contributed by atoms with Gasteiger partial charge in [0.2, 0.25) is 5.91 Å². The van der Waals surface area contributed by atoms with Gasteiger partial charge in [-0.2, -0.15) is 0 Å². The fourth-order valence-electron chi connectivity index (χ4n) is 1.27. The van der Waals surface area contributed by atoms with Crippen molar-refractivity contribution < 1.29 is 13.6 Å². The summed E-state index contributed by atoms with van der Waals surface area (Å²) in [7, 11) is 1.50. The van der Waals surface area contributed by atoms with Gasteiger partial charge in [-0.1, -0.05) is 6.07 Å². The van der Waals surface area contributed by atoms with E-state index in [0.717, 1.165) is 0 Å². The van der Waals surface area contributed by atoms with Gasteiger partial charge in [-0.25, -0.2) is 8.78 Å². The average Bonchev–Trinajstić information content (AvgIpc) is 2.27. The molecule has 0 aliphatic carbocycles. The first-order valence-corrected chi connectivity index (χ1v) is 4.94. The van der Waals surface area contributed by atoms with Gasteiger partial charge in [-0.15, -0.1) is 0 Å². The van der Waals surface area contributed by atoms with E-state index in [4.69, 9.17) is 0 Å². The van der Waals surface area contributed by atoms with Crippen LogP contribution in [0.2, 0.25) is 0 Å². The molecule has 1 atom stereocenters. The summed E-state index contributed by atoms with van der Waals surface area (Å²) in [4.78, 5) is 11.1. The molecule has 16 heavy (non-hydrogen) atoms. The van der Waals surface area contributed by atoms with E-state index in [0.29, 0.717) is 0 Å². The monoisotopic (exact) mass is 228 g/mol. The van der Waals surface area contributed by atoms with E-state index in [1.165, 1.54) is 25.2 Å². The van der Waals surface area contributed by atoms with Gasteiger partial charge in [-0.3, -0.25) is 4.79 Å². The maximum Gasteiger partial charge on any atom is 0.236 e. The maximum absolute atomic E-state index is 13.2. The van der Waals surface area contributed by atoms with E-state index in [1.54, 1.807) is 6.92 Å². The number of benzene rings is 1. The zero-order chi connectivity index (χ0) is 12.1. The van der Waals surface area contributed by atoms with Gasteiger partial charge < -0.3 is 10.6 Å². The summed E-state index contributed by atoms with van der Waals surface area (Å²) in [5.74, 6) is -1.45. The highest BCUT2D eigenvalue weighted by Crippen LogP contribution is 2.11. The van der Waals surface area contributed by atoms with Crippen molar-refractivity contribution in [2.75, 3.05) is 7.05 Å². The molecule has 0 aromatic heterocycles. The zero-order valence-electron chi connectivity index (χ0n) is 9.18. The summed E-state index contributed by atoms with van der Waals surface area (Å²) < 4.78 is 26.4. The number of rotatable bonds is 4. The van der Waals surface area contributed by atoms with E-state index >= 15 is 0 Å². The topological polar surface area (TPSA) is 41.1 Å². The van der Waals surface area contributed by atoms with Crippen LogP contribution in [0.3, 0.4) is 0 Å². The molecule has 1 aromatic carbocycles. The minimum atomic E-state index is -0.614. The van der Waals surface area contributed by atoms with Gasteiger partial charge in [0.05, 0.1) is 6.04 Å². The summed E-state index contributed by atoms with van der Waals surface area (Å²) in [6, 6.07) is 3.18. The fourth-order valence-corrected chi connectivity index (χ4v) is 1.27. The molecule has 88 valence electrons. The van der Waals surface area contributed by atoms with Crippen LogP contribution in [0.15, 0.2) is 18.2 Å². The maximum atomic E-state index is 13.2. The molecule has 0 heterocycles. The number of halogens is 2. The number of likely N-dealkylation sites (N-methyl/N-ethyl adjacent to an activating group) is 1. The molecule has 5 heteroatoms. The van der Waals surface area contributed by atoms with Crippen LogP contribution in [-0.4, -0.2) is 19.0 Å². The predicted octanol–water partition coefficient (Wildman–Crippen LogP) is 1.19. The minimum absolute atomic E-state index is 0.0207. The molecule has 1 amide bonds. The molecule has 0 radical (unpaired) electrons. The predicted molar refractivity (Wildman–Crippen MR) is 56.7 cm³/mol. The van der Waals surface area contributed by atoms with Crippen LogP contribution in [0.25, 0.3) is 0 Å². The molecule has 1 rings (SSSR count). The van der Waals surface area contributed by atoms with Crippen LogP contribution >= 0.6 is 0 Å². The normalized spacial score (nSPS) is 12.2. The third-order valence-electron chi connectivity index (χ3n) is 2.29. The Balaban J connectivity index is 2.64. The average molecular weight is 228 g/mol. The summed E-state index contributed by atoms with van der Waals surface area (Å²) in [5, 5.41) is 5.18. The number of carbonyl (C=O) groups excluding carboxylic acids is 1. The highest BCUT2D eigenvalue weighted by molar-refractivity contribution is 5.80. The van der Waals surface area contributed by atoms with E-state index in [-0.39, 0.29) is 18.0 Å². The molecular formula is C11H14F2N2O. The van der Waals surface area contributed by atoms with Gasteiger partial charge in [0.15, 0.2) is 0 Å². The second-order valence-corrected chi connectivity index (χ2v) is 3.42. The van der Waals surface area contributed by atoms with Gasteiger partial charge >= 0.3 is 0 Å². The zero-order valence-corrected chi connectivity index (χ0v) is 9.18. The van der Waals surface area contributed by atoms with Crippen LogP contribution in [-0.2, 0) is 11.3 Å². The third-order valence-corrected chi connectivity index (χ3v) is 2.29. The van der Waals surface area contributed by atoms with E-state index < -0.39 is 17.7 Å². The summed E-state index contributed by atoms with van der Waals surface area (Å²) >= 11 is 0. The van der Waals surface area contributed by atoms with Crippen LogP contribution in [0.1, 0.15) is 12.5 Å². The molecule has 2 N–H and O–H groups in total. The Kier molecular flexibility index (Phi) is 4.37. The van der Waals surface area contributed by atoms with Crippen molar-refractivity contribution in [2.45, 2.75) is 19.5 Å². The van der Waals surface area contributed by atoms with Crippen LogP contribution in [0.4, 0.5) is 8.78 Å². The Labute approximate surface area is 92.8 Å². The molecule has 0 bridgehead atoms. The lowest BCUT2D eigenvalue weighted by molar-refractivity contribution is -0.122. The van der Waals surface area contributed by atoms with E-state index in [9.17, 15) is 13.6 Å². The second kappa shape index (κ2) is 5.55. The molecule has 0 fully saturated rings. The summed E-state index contributed by atoms with van der Waals surface area (Å²) in [5.41, 5.74) is -0.0572. The Hall–Kier alpha value is -1.49. The lowest BCUT2D eigenvalue weighted by Gasteiger charge is -2.12. The van der Waals surface area contributed by atoms with Crippen molar-refractivity contribution in [3.05, 3.63) is 35.4 Å². The number of nitrogens with one attached hydrogen (secondary N) is 2.